The fraction of sp³-hybridized carbons (Fsp3) is 0.125. The Morgan fingerprint density at radius 3 is 2.70 bits per heavy atom. The van der Waals surface area contributed by atoms with Gasteiger partial charge in [-0.1, -0.05) is 42.5 Å². The number of hydrogen-bond acceptors (Lipinski definition) is 2. The van der Waals surface area contributed by atoms with E-state index in [9.17, 15) is 9.18 Å². The van der Waals surface area contributed by atoms with Gasteiger partial charge in [-0.2, -0.15) is 5.10 Å². The standard InChI is InChI=1S/C16H15FN2O/c17-15-8-4-7-14(11-15)12-18-19-16(20)10-9-13-5-2-1-3-6-13/h1-8,11-12H,9-10H2,(H,19,20)/b18-12-. The van der Waals surface area contributed by atoms with Gasteiger partial charge in [-0.05, 0) is 29.7 Å². The lowest BCUT2D eigenvalue weighted by molar-refractivity contribution is -0.121. The van der Waals surface area contributed by atoms with Crippen LogP contribution >= 0.6 is 0 Å². The second-order valence-corrected chi connectivity index (χ2v) is 4.33. The van der Waals surface area contributed by atoms with Gasteiger partial charge >= 0.3 is 0 Å². The van der Waals surface area contributed by atoms with Crippen LogP contribution in [0, 0.1) is 5.82 Å². The summed E-state index contributed by atoms with van der Waals surface area (Å²) in [6.45, 7) is 0. The van der Waals surface area contributed by atoms with E-state index in [-0.39, 0.29) is 11.7 Å². The maximum absolute atomic E-state index is 12.9. The summed E-state index contributed by atoms with van der Waals surface area (Å²) < 4.78 is 12.9. The van der Waals surface area contributed by atoms with Gasteiger partial charge in [0.2, 0.25) is 5.91 Å². The van der Waals surface area contributed by atoms with Crippen LogP contribution < -0.4 is 5.43 Å². The zero-order chi connectivity index (χ0) is 14.2. The number of benzene rings is 2. The molecule has 1 N–H and O–H groups in total. The van der Waals surface area contributed by atoms with E-state index in [2.05, 4.69) is 10.5 Å². The molecule has 0 saturated carbocycles. The molecule has 102 valence electrons. The number of aryl methyl sites for hydroxylation is 1. The smallest absolute Gasteiger partial charge is 0.240 e. The van der Waals surface area contributed by atoms with Gasteiger partial charge in [-0.25, -0.2) is 9.82 Å². The molecular formula is C16H15FN2O. The zero-order valence-electron chi connectivity index (χ0n) is 10.9. The maximum Gasteiger partial charge on any atom is 0.240 e. The van der Waals surface area contributed by atoms with Crippen molar-refractivity contribution >= 4 is 12.1 Å². The van der Waals surface area contributed by atoms with Gasteiger partial charge in [-0.15, -0.1) is 0 Å². The molecule has 2 aromatic carbocycles. The molecular weight excluding hydrogens is 255 g/mol. The number of hydrogen-bond donors (Lipinski definition) is 1. The van der Waals surface area contributed by atoms with Crippen LogP contribution in [0.15, 0.2) is 59.7 Å². The molecule has 2 aromatic rings. The first-order valence-electron chi connectivity index (χ1n) is 6.35. The van der Waals surface area contributed by atoms with Crippen molar-refractivity contribution in [1.82, 2.24) is 5.43 Å². The second-order valence-electron chi connectivity index (χ2n) is 4.33. The largest absolute Gasteiger partial charge is 0.273 e. The Hall–Kier alpha value is -2.49. The zero-order valence-corrected chi connectivity index (χ0v) is 10.9. The highest BCUT2D eigenvalue weighted by atomic mass is 19.1. The third kappa shape index (κ3) is 4.65. The number of hydrazone groups is 1. The van der Waals surface area contributed by atoms with Gasteiger partial charge in [0.05, 0.1) is 6.21 Å². The lowest BCUT2D eigenvalue weighted by Crippen LogP contribution is -2.17. The van der Waals surface area contributed by atoms with Crippen molar-refractivity contribution in [2.75, 3.05) is 0 Å². The van der Waals surface area contributed by atoms with Crippen molar-refractivity contribution in [3.05, 3.63) is 71.5 Å². The van der Waals surface area contributed by atoms with Crippen molar-refractivity contribution in [2.45, 2.75) is 12.8 Å². The lowest BCUT2D eigenvalue weighted by Gasteiger charge is -2.00. The van der Waals surface area contributed by atoms with E-state index in [0.29, 0.717) is 18.4 Å². The molecule has 0 spiro atoms. The summed E-state index contributed by atoms with van der Waals surface area (Å²) in [5, 5.41) is 3.80. The Bertz CT molecular complexity index is 596. The van der Waals surface area contributed by atoms with E-state index in [1.807, 2.05) is 30.3 Å². The highest BCUT2D eigenvalue weighted by molar-refractivity contribution is 5.82. The average molecular weight is 270 g/mol. The van der Waals surface area contributed by atoms with Gasteiger partial charge in [0.15, 0.2) is 0 Å². The van der Waals surface area contributed by atoms with E-state index in [1.165, 1.54) is 18.3 Å². The topological polar surface area (TPSA) is 41.5 Å². The molecule has 2 rings (SSSR count). The minimum atomic E-state index is -0.329. The SMILES string of the molecule is O=C(CCc1ccccc1)N/N=C\c1cccc(F)c1. The third-order valence-electron chi connectivity index (χ3n) is 2.74. The summed E-state index contributed by atoms with van der Waals surface area (Å²) in [5.74, 6) is -0.495. The van der Waals surface area contributed by atoms with Gasteiger partial charge in [-0.3, -0.25) is 4.79 Å². The van der Waals surface area contributed by atoms with E-state index < -0.39 is 0 Å². The molecule has 0 heterocycles. The molecule has 20 heavy (non-hydrogen) atoms. The Labute approximate surface area is 117 Å². The summed E-state index contributed by atoms with van der Waals surface area (Å²) in [6.07, 6.45) is 2.45. The molecule has 0 unspecified atom stereocenters. The first kappa shape index (κ1) is 13.9. The van der Waals surface area contributed by atoms with Gasteiger partial charge < -0.3 is 0 Å². The number of carbonyl (C=O) groups excluding carboxylic acids is 1. The molecule has 0 fully saturated rings. The van der Waals surface area contributed by atoms with E-state index >= 15 is 0 Å². The molecule has 0 bridgehead atoms. The summed E-state index contributed by atoms with van der Waals surface area (Å²) in [5.41, 5.74) is 4.14. The van der Waals surface area contributed by atoms with Crippen molar-refractivity contribution in [3.63, 3.8) is 0 Å². The van der Waals surface area contributed by atoms with Crippen LogP contribution in [0.1, 0.15) is 17.5 Å². The van der Waals surface area contributed by atoms with Crippen LogP contribution in [0.5, 0.6) is 0 Å². The van der Waals surface area contributed by atoms with Gasteiger partial charge in [0.25, 0.3) is 0 Å². The molecule has 0 aliphatic rings. The Balaban J connectivity index is 1.78. The van der Waals surface area contributed by atoms with Crippen molar-refractivity contribution in [1.29, 1.82) is 0 Å². The molecule has 1 amide bonds. The molecule has 0 aliphatic heterocycles. The number of nitrogens with zero attached hydrogens (tertiary/aromatic N) is 1. The van der Waals surface area contributed by atoms with E-state index in [1.54, 1.807) is 12.1 Å². The second kappa shape index (κ2) is 7.19. The Morgan fingerprint density at radius 1 is 1.15 bits per heavy atom. The minimum absolute atomic E-state index is 0.165. The molecule has 3 nitrogen and oxygen atoms in total. The lowest BCUT2D eigenvalue weighted by atomic mass is 10.1. The number of amides is 1. The number of carbonyl (C=O) groups is 1. The normalized spacial score (nSPS) is 10.7. The molecule has 0 aromatic heterocycles. The highest BCUT2D eigenvalue weighted by Gasteiger charge is 2.00. The summed E-state index contributed by atoms with van der Waals surface area (Å²) in [6, 6.07) is 15.8. The van der Waals surface area contributed by atoms with Crippen LogP contribution in [0.3, 0.4) is 0 Å². The summed E-state index contributed by atoms with van der Waals surface area (Å²) in [7, 11) is 0. The summed E-state index contributed by atoms with van der Waals surface area (Å²) in [4.78, 5) is 11.6. The first-order valence-corrected chi connectivity index (χ1v) is 6.35. The Kier molecular flexibility index (Phi) is 5.00. The number of halogens is 1. The van der Waals surface area contributed by atoms with Gasteiger partial charge in [0, 0.05) is 6.42 Å². The van der Waals surface area contributed by atoms with Crippen LogP contribution in [0.2, 0.25) is 0 Å². The summed E-state index contributed by atoms with van der Waals surface area (Å²) >= 11 is 0. The van der Waals surface area contributed by atoms with Crippen molar-refractivity contribution in [3.8, 4) is 0 Å². The predicted molar refractivity (Wildman–Crippen MR) is 76.9 cm³/mol. The Morgan fingerprint density at radius 2 is 1.95 bits per heavy atom. The molecule has 0 saturated heterocycles. The molecule has 0 radical (unpaired) electrons. The minimum Gasteiger partial charge on any atom is -0.273 e. The maximum atomic E-state index is 12.9. The predicted octanol–water partition coefficient (Wildman–Crippen LogP) is 2.91. The first-order chi connectivity index (χ1) is 9.74. The highest BCUT2D eigenvalue weighted by Crippen LogP contribution is 2.02. The third-order valence-corrected chi connectivity index (χ3v) is 2.74. The molecule has 0 atom stereocenters. The van der Waals surface area contributed by atoms with Crippen LogP contribution in [-0.4, -0.2) is 12.1 Å². The van der Waals surface area contributed by atoms with E-state index in [0.717, 1.165) is 5.56 Å². The van der Waals surface area contributed by atoms with Crippen molar-refractivity contribution < 1.29 is 9.18 Å². The quantitative estimate of drug-likeness (QED) is 0.658. The number of rotatable bonds is 5. The number of nitrogens with one attached hydrogen (secondary N) is 1. The van der Waals surface area contributed by atoms with Crippen LogP contribution in [0.25, 0.3) is 0 Å². The van der Waals surface area contributed by atoms with E-state index in [4.69, 9.17) is 0 Å². The fourth-order valence-electron chi connectivity index (χ4n) is 1.72. The monoisotopic (exact) mass is 270 g/mol. The van der Waals surface area contributed by atoms with Crippen LogP contribution in [0.4, 0.5) is 4.39 Å². The van der Waals surface area contributed by atoms with Crippen molar-refractivity contribution in [2.24, 2.45) is 5.10 Å². The fourth-order valence-corrected chi connectivity index (χ4v) is 1.72. The molecule has 0 aliphatic carbocycles. The van der Waals surface area contributed by atoms with Crippen LogP contribution in [-0.2, 0) is 11.2 Å². The van der Waals surface area contributed by atoms with Gasteiger partial charge in [0.1, 0.15) is 5.82 Å². The molecule has 4 heteroatoms. The average Bonchev–Trinajstić information content (AvgIpc) is 2.46.